The first-order valence-corrected chi connectivity index (χ1v) is 5.75. The molecular weight excluding hydrogens is 251 g/mol. The number of halogens is 1. The minimum absolute atomic E-state index is 0.0701. The number of carboxylic acids is 1. The van der Waals surface area contributed by atoms with Gasteiger partial charge in [0.1, 0.15) is 10.0 Å². The van der Waals surface area contributed by atoms with Crippen molar-refractivity contribution in [1.29, 1.82) is 0 Å². The van der Waals surface area contributed by atoms with Crippen molar-refractivity contribution in [2.45, 2.75) is 9.10 Å². The van der Waals surface area contributed by atoms with Gasteiger partial charge >= 0.3 is 5.97 Å². The molecule has 0 bridgehead atoms. The van der Waals surface area contributed by atoms with Crippen LogP contribution in [0.2, 0.25) is 0 Å². The van der Waals surface area contributed by atoms with Crippen LogP contribution in [0.5, 0.6) is 0 Å². The number of nitrogens with zero attached hydrogens (tertiary/aromatic N) is 2. The Hall–Kier alpha value is -1.47. The molecule has 82 valence electrons. The maximum atomic E-state index is 12.6. The number of rotatable bonds is 3. The predicted molar refractivity (Wildman–Crippen MR) is 57.4 cm³/mol. The van der Waals surface area contributed by atoms with E-state index in [0.717, 1.165) is 16.4 Å². The summed E-state index contributed by atoms with van der Waals surface area (Å²) in [6.07, 6.45) is 0. The average Bonchev–Trinajstić information content (AvgIpc) is 2.69. The van der Waals surface area contributed by atoms with Crippen LogP contribution in [0.15, 0.2) is 33.4 Å². The Morgan fingerprint density at radius 3 is 2.69 bits per heavy atom. The number of hydrogen-bond acceptors (Lipinski definition) is 5. The molecule has 0 aliphatic rings. The van der Waals surface area contributed by atoms with Gasteiger partial charge in [-0.25, -0.2) is 9.18 Å². The van der Waals surface area contributed by atoms with E-state index in [0.29, 0.717) is 4.21 Å². The van der Waals surface area contributed by atoms with Crippen molar-refractivity contribution in [2.75, 3.05) is 0 Å². The zero-order valence-corrected chi connectivity index (χ0v) is 9.39. The van der Waals surface area contributed by atoms with E-state index in [-0.39, 0.29) is 11.5 Å². The SMILES string of the molecule is O=C(O)c1nnsc1Sc1ccc(F)cc1. The molecule has 1 aromatic carbocycles. The van der Waals surface area contributed by atoms with Crippen LogP contribution in [0.3, 0.4) is 0 Å². The van der Waals surface area contributed by atoms with Crippen molar-refractivity contribution in [3.8, 4) is 0 Å². The summed E-state index contributed by atoms with van der Waals surface area (Å²) in [5, 5.41) is 12.3. The maximum Gasteiger partial charge on any atom is 0.358 e. The van der Waals surface area contributed by atoms with Crippen molar-refractivity contribution < 1.29 is 14.3 Å². The molecule has 0 amide bonds. The van der Waals surface area contributed by atoms with Gasteiger partial charge in [0.15, 0.2) is 5.69 Å². The molecule has 4 nitrogen and oxygen atoms in total. The first-order valence-electron chi connectivity index (χ1n) is 4.16. The van der Waals surface area contributed by atoms with Gasteiger partial charge in [0.25, 0.3) is 0 Å². The second kappa shape index (κ2) is 4.58. The molecular formula is C9H5FN2O2S2. The molecule has 1 aromatic heterocycles. The summed E-state index contributed by atoms with van der Waals surface area (Å²) in [6, 6.07) is 5.78. The zero-order valence-electron chi connectivity index (χ0n) is 7.75. The van der Waals surface area contributed by atoms with E-state index < -0.39 is 5.97 Å². The van der Waals surface area contributed by atoms with E-state index in [2.05, 4.69) is 9.59 Å². The molecule has 0 radical (unpaired) electrons. The first kappa shape index (κ1) is 11.0. The van der Waals surface area contributed by atoms with Gasteiger partial charge in [0.05, 0.1) is 0 Å². The van der Waals surface area contributed by atoms with Gasteiger partial charge in [-0.1, -0.05) is 16.3 Å². The van der Waals surface area contributed by atoms with Crippen LogP contribution >= 0.6 is 23.3 Å². The molecule has 16 heavy (non-hydrogen) atoms. The molecule has 0 unspecified atom stereocenters. The summed E-state index contributed by atoms with van der Waals surface area (Å²) in [4.78, 5) is 11.5. The van der Waals surface area contributed by atoms with Gasteiger partial charge in [-0.2, -0.15) is 0 Å². The first-order chi connectivity index (χ1) is 7.66. The molecule has 0 aliphatic carbocycles. The summed E-state index contributed by atoms with van der Waals surface area (Å²) in [5.41, 5.74) is -0.0701. The van der Waals surface area contributed by atoms with Gasteiger partial charge in [-0.15, -0.1) is 5.10 Å². The van der Waals surface area contributed by atoms with Crippen molar-refractivity contribution >= 4 is 29.3 Å². The summed E-state index contributed by atoms with van der Waals surface area (Å²) >= 11 is 2.21. The topological polar surface area (TPSA) is 63.1 Å². The molecule has 0 atom stereocenters. The van der Waals surface area contributed by atoms with Crippen LogP contribution in [0, 0.1) is 5.82 Å². The lowest BCUT2D eigenvalue weighted by atomic mass is 10.4. The van der Waals surface area contributed by atoms with E-state index in [1.54, 1.807) is 12.1 Å². The number of benzene rings is 1. The Morgan fingerprint density at radius 1 is 1.38 bits per heavy atom. The normalized spacial score (nSPS) is 10.3. The van der Waals surface area contributed by atoms with Crippen molar-refractivity contribution in [2.24, 2.45) is 0 Å². The third-order valence-electron chi connectivity index (χ3n) is 1.68. The highest BCUT2D eigenvalue weighted by Gasteiger charge is 2.16. The minimum atomic E-state index is -1.11. The molecule has 1 heterocycles. The fourth-order valence-corrected chi connectivity index (χ4v) is 2.65. The van der Waals surface area contributed by atoms with E-state index in [1.807, 2.05) is 0 Å². The number of carboxylic acid groups (broad SMARTS) is 1. The second-order valence-electron chi connectivity index (χ2n) is 2.77. The van der Waals surface area contributed by atoms with E-state index in [1.165, 1.54) is 23.9 Å². The van der Waals surface area contributed by atoms with Crippen molar-refractivity contribution in [1.82, 2.24) is 9.59 Å². The highest BCUT2D eigenvalue weighted by atomic mass is 32.2. The Morgan fingerprint density at radius 2 is 2.06 bits per heavy atom. The highest BCUT2D eigenvalue weighted by molar-refractivity contribution is 8.01. The summed E-state index contributed by atoms with van der Waals surface area (Å²) < 4.78 is 16.7. The van der Waals surface area contributed by atoms with Gasteiger partial charge in [0.2, 0.25) is 0 Å². The Bertz CT molecular complexity index is 512. The van der Waals surface area contributed by atoms with Gasteiger partial charge in [-0.05, 0) is 35.8 Å². The summed E-state index contributed by atoms with van der Waals surface area (Å²) in [5.74, 6) is -1.44. The van der Waals surface area contributed by atoms with Crippen LogP contribution in [-0.4, -0.2) is 20.7 Å². The molecule has 1 N–H and O–H groups in total. The predicted octanol–water partition coefficient (Wildman–Crippen LogP) is 2.53. The Kier molecular flexibility index (Phi) is 3.16. The van der Waals surface area contributed by atoms with Crippen LogP contribution in [0.25, 0.3) is 0 Å². The van der Waals surface area contributed by atoms with E-state index in [9.17, 15) is 9.18 Å². The Balaban J connectivity index is 2.23. The molecule has 0 spiro atoms. The van der Waals surface area contributed by atoms with Crippen LogP contribution in [0.1, 0.15) is 10.5 Å². The highest BCUT2D eigenvalue weighted by Crippen LogP contribution is 2.32. The van der Waals surface area contributed by atoms with Gasteiger partial charge < -0.3 is 5.11 Å². The lowest BCUT2D eigenvalue weighted by Crippen LogP contribution is -1.97. The smallest absolute Gasteiger partial charge is 0.358 e. The van der Waals surface area contributed by atoms with Gasteiger partial charge in [-0.3, -0.25) is 0 Å². The summed E-state index contributed by atoms with van der Waals surface area (Å²) in [7, 11) is 0. The van der Waals surface area contributed by atoms with Crippen LogP contribution < -0.4 is 0 Å². The van der Waals surface area contributed by atoms with Gasteiger partial charge in [0, 0.05) is 4.90 Å². The maximum absolute atomic E-state index is 12.6. The fraction of sp³-hybridized carbons (Fsp3) is 0. The second-order valence-corrected chi connectivity index (χ2v) is 4.87. The molecule has 2 aromatic rings. The Labute approximate surface area is 98.3 Å². The molecule has 0 fully saturated rings. The number of hydrogen-bond donors (Lipinski definition) is 1. The number of aromatic carboxylic acids is 1. The van der Waals surface area contributed by atoms with Crippen molar-refractivity contribution in [3.63, 3.8) is 0 Å². The van der Waals surface area contributed by atoms with E-state index >= 15 is 0 Å². The fourth-order valence-electron chi connectivity index (χ4n) is 0.989. The lowest BCUT2D eigenvalue weighted by Gasteiger charge is -1.98. The molecule has 0 saturated carbocycles. The monoisotopic (exact) mass is 256 g/mol. The van der Waals surface area contributed by atoms with E-state index in [4.69, 9.17) is 5.11 Å². The summed E-state index contributed by atoms with van der Waals surface area (Å²) in [6.45, 7) is 0. The number of aromatic nitrogens is 2. The molecule has 7 heteroatoms. The lowest BCUT2D eigenvalue weighted by molar-refractivity contribution is 0.0687. The molecule has 0 aliphatic heterocycles. The van der Waals surface area contributed by atoms with Crippen molar-refractivity contribution in [3.05, 3.63) is 35.8 Å². The van der Waals surface area contributed by atoms with Crippen LogP contribution in [0.4, 0.5) is 4.39 Å². The average molecular weight is 256 g/mol. The van der Waals surface area contributed by atoms with Crippen LogP contribution in [-0.2, 0) is 0 Å². The standard InChI is InChI=1S/C9H5FN2O2S2/c10-5-1-3-6(4-2-5)15-9-7(8(13)14)11-12-16-9/h1-4H,(H,13,14). The molecule has 2 rings (SSSR count). The zero-order chi connectivity index (χ0) is 11.5. The third-order valence-corrected chi connectivity index (χ3v) is 3.57. The largest absolute Gasteiger partial charge is 0.476 e. The quantitative estimate of drug-likeness (QED) is 0.914. The molecule has 0 saturated heterocycles. The number of carbonyl (C=O) groups is 1. The minimum Gasteiger partial charge on any atom is -0.476 e. The third kappa shape index (κ3) is 2.37.